The Bertz CT molecular complexity index is 749. The molecule has 5 nitrogen and oxygen atoms in total. The van der Waals surface area contributed by atoms with Gasteiger partial charge in [0.25, 0.3) is 0 Å². The van der Waals surface area contributed by atoms with Gasteiger partial charge < -0.3 is 14.8 Å². The van der Waals surface area contributed by atoms with E-state index in [0.717, 1.165) is 24.8 Å². The van der Waals surface area contributed by atoms with Crippen LogP contribution in [-0.4, -0.2) is 17.0 Å². The number of aryl methyl sites for hydroxylation is 1. The summed E-state index contributed by atoms with van der Waals surface area (Å²) in [5.74, 6) is -0.861. The van der Waals surface area contributed by atoms with Crippen LogP contribution in [0.25, 0.3) is 0 Å². The number of carboxylic acids is 1. The molecule has 2 N–H and O–H groups in total. The van der Waals surface area contributed by atoms with E-state index in [4.69, 9.17) is 9.52 Å². The molecule has 0 saturated carbocycles. The van der Waals surface area contributed by atoms with Gasteiger partial charge in [-0.15, -0.1) is 0 Å². The minimum atomic E-state index is -1.12. The van der Waals surface area contributed by atoms with Crippen molar-refractivity contribution in [3.05, 3.63) is 59.0 Å². The van der Waals surface area contributed by atoms with Gasteiger partial charge in [-0.25, -0.2) is 4.79 Å². The van der Waals surface area contributed by atoms with Crippen LogP contribution < -0.4 is 5.32 Å². The predicted molar refractivity (Wildman–Crippen MR) is 84.2 cm³/mol. The van der Waals surface area contributed by atoms with Crippen LogP contribution in [0.1, 0.15) is 47.2 Å². The minimum Gasteiger partial charge on any atom is -0.475 e. The van der Waals surface area contributed by atoms with Gasteiger partial charge in [-0.2, -0.15) is 0 Å². The van der Waals surface area contributed by atoms with Crippen LogP contribution in [-0.2, 0) is 23.2 Å². The Hall–Kier alpha value is -2.56. The number of hydrogen-bond acceptors (Lipinski definition) is 3. The summed E-state index contributed by atoms with van der Waals surface area (Å²) >= 11 is 0. The van der Waals surface area contributed by atoms with E-state index < -0.39 is 11.4 Å². The van der Waals surface area contributed by atoms with Crippen LogP contribution in [0.4, 0.5) is 0 Å². The first kappa shape index (κ1) is 15.3. The van der Waals surface area contributed by atoms with Gasteiger partial charge in [-0.3, -0.25) is 4.79 Å². The lowest BCUT2D eigenvalue weighted by Crippen LogP contribution is -2.44. The standard InChI is InChI=1S/C18H19NO4/c1-18(10-4-6-12-5-2-3-7-14(12)18)17(22)19-11-13-8-9-15(23-13)16(20)21/h2-3,5,7-9H,4,6,10-11H2,1H3,(H,19,22)(H,20,21)/t18-/m1/s1. The normalized spacial score (nSPS) is 19.9. The van der Waals surface area contributed by atoms with Crippen molar-refractivity contribution in [2.24, 2.45) is 0 Å². The lowest BCUT2D eigenvalue weighted by Gasteiger charge is -2.34. The number of hydrogen-bond donors (Lipinski definition) is 2. The quantitative estimate of drug-likeness (QED) is 0.909. The van der Waals surface area contributed by atoms with Crippen LogP contribution in [0.5, 0.6) is 0 Å². The number of nitrogens with one attached hydrogen (secondary N) is 1. The van der Waals surface area contributed by atoms with Gasteiger partial charge in [0, 0.05) is 0 Å². The molecule has 0 aliphatic heterocycles. The molecule has 0 radical (unpaired) electrons. The first-order chi connectivity index (χ1) is 11.0. The lowest BCUT2D eigenvalue weighted by molar-refractivity contribution is -0.127. The van der Waals surface area contributed by atoms with E-state index in [1.54, 1.807) is 6.07 Å². The molecule has 1 atom stereocenters. The van der Waals surface area contributed by atoms with Crippen LogP contribution >= 0.6 is 0 Å². The number of benzene rings is 1. The number of fused-ring (bicyclic) bond motifs is 1. The van der Waals surface area contributed by atoms with Gasteiger partial charge in [0.15, 0.2) is 0 Å². The molecular formula is C18H19NO4. The van der Waals surface area contributed by atoms with E-state index in [2.05, 4.69) is 11.4 Å². The number of rotatable bonds is 4. The predicted octanol–water partition coefficient (Wildman–Crippen LogP) is 2.89. The maximum Gasteiger partial charge on any atom is 0.371 e. The van der Waals surface area contributed by atoms with E-state index in [1.165, 1.54) is 11.6 Å². The first-order valence-corrected chi connectivity index (χ1v) is 7.69. The third-order valence-corrected chi connectivity index (χ3v) is 4.53. The number of furan rings is 1. The molecule has 120 valence electrons. The van der Waals surface area contributed by atoms with Crippen molar-refractivity contribution < 1.29 is 19.1 Å². The van der Waals surface area contributed by atoms with Crippen molar-refractivity contribution in [3.63, 3.8) is 0 Å². The third kappa shape index (κ3) is 2.86. The van der Waals surface area contributed by atoms with E-state index in [0.29, 0.717) is 5.76 Å². The fourth-order valence-electron chi connectivity index (χ4n) is 3.23. The Balaban J connectivity index is 1.74. The summed E-state index contributed by atoms with van der Waals surface area (Å²) in [7, 11) is 0. The molecule has 1 aliphatic carbocycles. The van der Waals surface area contributed by atoms with E-state index in [9.17, 15) is 9.59 Å². The molecule has 1 aliphatic rings. The van der Waals surface area contributed by atoms with E-state index >= 15 is 0 Å². The summed E-state index contributed by atoms with van der Waals surface area (Å²) in [6.07, 6.45) is 2.78. The molecule has 2 aromatic rings. The molecule has 0 saturated heterocycles. The average molecular weight is 313 g/mol. The second kappa shape index (κ2) is 5.91. The van der Waals surface area contributed by atoms with Crippen LogP contribution in [0.2, 0.25) is 0 Å². The van der Waals surface area contributed by atoms with Crippen LogP contribution in [0, 0.1) is 0 Å². The third-order valence-electron chi connectivity index (χ3n) is 4.53. The Morgan fingerprint density at radius 1 is 1.26 bits per heavy atom. The molecule has 0 fully saturated rings. The van der Waals surface area contributed by atoms with Crippen molar-refractivity contribution in [2.45, 2.75) is 38.1 Å². The maximum atomic E-state index is 12.7. The van der Waals surface area contributed by atoms with E-state index in [1.807, 2.05) is 25.1 Å². The van der Waals surface area contributed by atoms with Gasteiger partial charge in [0.2, 0.25) is 11.7 Å². The second-order valence-corrected chi connectivity index (χ2v) is 6.10. The summed E-state index contributed by atoms with van der Waals surface area (Å²) < 4.78 is 5.17. The number of carbonyl (C=O) groups is 2. The molecule has 1 amide bonds. The Labute approximate surface area is 134 Å². The van der Waals surface area contributed by atoms with Crippen LogP contribution in [0.3, 0.4) is 0 Å². The molecule has 23 heavy (non-hydrogen) atoms. The summed E-state index contributed by atoms with van der Waals surface area (Å²) in [6.45, 7) is 2.15. The first-order valence-electron chi connectivity index (χ1n) is 7.69. The zero-order chi connectivity index (χ0) is 16.4. The smallest absolute Gasteiger partial charge is 0.371 e. The van der Waals surface area contributed by atoms with Crippen molar-refractivity contribution >= 4 is 11.9 Å². The largest absolute Gasteiger partial charge is 0.475 e. The molecule has 1 heterocycles. The maximum absolute atomic E-state index is 12.7. The second-order valence-electron chi connectivity index (χ2n) is 6.10. The minimum absolute atomic E-state index is 0.0575. The highest BCUT2D eigenvalue weighted by atomic mass is 16.4. The van der Waals surface area contributed by atoms with Crippen molar-refractivity contribution in [1.82, 2.24) is 5.32 Å². The molecule has 1 aromatic heterocycles. The molecule has 0 spiro atoms. The topological polar surface area (TPSA) is 79.5 Å². The molecular weight excluding hydrogens is 294 g/mol. The lowest BCUT2D eigenvalue weighted by atomic mass is 9.70. The number of aromatic carboxylic acids is 1. The van der Waals surface area contributed by atoms with Crippen LogP contribution in [0.15, 0.2) is 40.8 Å². The van der Waals surface area contributed by atoms with Gasteiger partial charge >= 0.3 is 5.97 Å². The number of amides is 1. The summed E-state index contributed by atoms with van der Waals surface area (Å²) in [6, 6.07) is 11.0. The highest BCUT2D eigenvalue weighted by Crippen LogP contribution is 2.37. The van der Waals surface area contributed by atoms with Gasteiger partial charge in [0.05, 0.1) is 12.0 Å². The Morgan fingerprint density at radius 2 is 2.04 bits per heavy atom. The Kier molecular flexibility index (Phi) is 3.94. The van der Waals surface area contributed by atoms with Gasteiger partial charge in [0.1, 0.15) is 5.76 Å². The SMILES string of the molecule is C[C@@]1(C(=O)NCc2ccc(C(=O)O)o2)CCCc2ccccc21. The van der Waals surface area contributed by atoms with Gasteiger partial charge in [-0.05, 0) is 49.4 Å². The molecule has 1 aromatic carbocycles. The average Bonchev–Trinajstić information content (AvgIpc) is 3.02. The zero-order valence-electron chi connectivity index (χ0n) is 13.0. The number of carboxylic acid groups (broad SMARTS) is 1. The summed E-state index contributed by atoms with van der Waals surface area (Å²) in [5.41, 5.74) is 1.74. The Morgan fingerprint density at radius 3 is 2.78 bits per heavy atom. The van der Waals surface area contributed by atoms with Crippen molar-refractivity contribution in [2.75, 3.05) is 0 Å². The summed E-state index contributed by atoms with van der Waals surface area (Å²) in [5, 5.41) is 11.7. The summed E-state index contributed by atoms with van der Waals surface area (Å²) in [4.78, 5) is 23.5. The highest BCUT2D eigenvalue weighted by molar-refractivity contribution is 5.88. The van der Waals surface area contributed by atoms with Crippen molar-refractivity contribution in [1.29, 1.82) is 0 Å². The molecule has 0 unspecified atom stereocenters. The fraction of sp³-hybridized carbons (Fsp3) is 0.333. The highest BCUT2D eigenvalue weighted by Gasteiger charge is 2.38. The van der Waals surface area contributed by atoms with E-state index in [-0.39, 0.29) is 18.2 Å². The molecule has 3 rings (SSSR count). The monoisotopic (exact) mass is 313 g/mol. The molecule has 0 bridgehead atoms. The molecule has 5 heteroatoms. The zero-order valence-corrected chi connectivity index (χ0v) is 13.0. The van der Waals surface area contributed by atoms with Gasteiger partial charge in [-0.1, -0.05) is 24.3 Å². The van der Waals surface area contributed by atoms with Crippen molar-refractivity contribution in [3.8, 4) is 0 Å². The number of carbonyl (C=O) groups excluding carboxylic acids is 1. The fourth-order valence-corrected chi connectivity index (χ4v) is 3.23.